The van der Waals surface area contributed by atoms with Crippen molar-refractivity contribution in [1.29, 1.82) is 0 Å². The second kappa shape index (κ2) is 8.82. The number of carbonyl (C=O) groups is 2. The van der Waals surface area contributed by atoms with E-state index in [4.69, 9.17) is 16.3 Å². The van der Waals surface area contributed by atoms with Crippen LogP contribution in [-0.4, -0.2) is 18.5 Å². The molecule has 0 unspecified atom stereocenters. The first-order valence-electron chi connectivity index (χ1n) is 8.70. The molecular formula is C21H19ClFNO3. The van der Waals surface area contributed by atoms with Crippen molar-refractivity contribution in [2.75, 3.05) is 6.61 Å². The standard InChI is InChI=1S/C21H19ClFNO3/c22-17-8-4-9-18(23)16(17)11-12-21(26)27-13-20(25)24-19-10-3-6-14-5-1-2-7-15(14)19/h1-2,4-5,7-9,11-12,19H,3,6,10,13H2,(H,24,25)/b12-11+/t19-/m1/s1. The third-order valence-electron chi connectivity index (χ3n) is 4.44. The van der Waals surface area contributed by atoms with Crippen LogP contribution in [0.2, 0.25) is 5.02 Å². The molecule has 3 rings (SSSR count). The van der Waals surface area contributed by atoms with Crippen LogP contribution in [0.4, 0.5) is 4.39 Å². The molecule has 0 bridgehead atoms. The molecular weight excluding hydrogens is 369 g/mol. The minimum absolute atomic E-state index is 0.0751. The van der Waals surface area contributed by atoms with E-state index in [0.717, 1.165) is 30.9 Å². The fourth-order valence-electron chi connectivity index (χ4n) is 3.15. The van der Waals surface area contributed by atoms with Gasteiger partial charge in [-0.25, -0.2) is 9.18 Å². The van der Waals surface area contributed by atoms with E-state index >= 15 is 0 Å². The SMILES string of the molecule is O=C(COC(=O)/C=C/c1c(F)cccc1Cl)N[C@@H]1CCCc2ccccc21. The highest BCUT2D eigenvalue weighted by atomic mass is 35.5. The first-order valence-corrected chi connectivity index (χ1v) is 9.08. The van der Waals surface area contributed by atoms with Gasteiger partial charge in [0.05, 0.1) is 11.1 Å². The third kappa shape index (κ3) is 4.95. The van der Waals surface area contributed by atoms with Gasteiger partial charge in [-0.15, -0.1) is 0 Å². The maximum Gasteiger partial charge on any atom is 0.331 e. The Morgan fingerprint density at radius 1 is 1.22 bits per heavy atom. The normalized spacial score (nSPS) is 16.0. The summed E-state index contributed by atoms with van der Waals surface area (Å²) in [5.41, 5.74) is 2.44. The summed E-state index contributed by atoms with van der Waals surface area (Å²) in [5, 5.41) is 3.09. The molecule has 140 valence electrons. The molecule has 1 amide bonds. The van der Waals surface area contributed by atoms with Crippen molar-refractivity contribution in [1.82, 2.24) is 5.32 Å². The lowest BCUT2D eigenvalue weighted by Crippen LogP contribution is -2.34. The highest BCUT2D eigenvalue weighted by Gasteiger charge is 2.21. The number of rotatable bonds is 5. The van der Waals surface area contributed by atoms with Gasteiger partial charge in [-0.05, 0) is 48.6 Å². The third-order valence-corrected chi connectivity index (χ3v) is 4.77. The molecule has 1 atom stereocenters. The molecule has 0 saturated carbocycles. The van der Waals surface area contributed by atoms with Crippen molar-refractivity contribution in [3.05, 3.63) is 76.1 Å². The summed E-state index contributed by atoms with van der Waals surface area (Å²) in [6.07, 6.45) is 5.12. The van der Waals surface area contributed by atoms with Crippen molar-refractivity contribution in [2.24, 2.45) is 0 Å². The number of fused-ring (bicyclic) bond motifs is 1. The fourth-order valence-corrected chi connectivity index (χ4v) is 3.37. The summed E-state index contributed by atoms with van der Waals surface area (Å²) >= 11 is 5.88. The average Bonchev–Trinajstić information content (AvgIpc) is 2.66. The number of amides is 1. The Bertz CT molecular complexity index is 861. The van der Waals surface area contributed by atoms with Gasteiger partial charge in [0.1, 0.15) is 5.82 Å². The van der Waals surface area contributed by atoms with Crippen LogP contribution in [0.25, 0.3) is 6.08 Å². The lowest BCUT2D eigenvalue weighted by molar-refractivity contribution is -0.144. The Kier molecular flexibility index (Phi) is 6.24. The fraction of sp³-hybridized carbons (Fsp3) is 0.238. The second-order valence-electron chi connectivity index (χ2n) is 6.29. The van der Waals surface area contributed by atoms with E-state index in [1.807, 2.05) is 18.2 Å². The molecule has 0 saturated heterocycles. The van der Waals surface area contributed by atoms with E-state index < -0.39 is 18.4 Å². The number of carbonyl (C=O) groups excluding carboxylic acids is 2. The Morgan fingerprint density at radius 3 is 2.85 bits per heavy atom. The molecule has 0 aliphatic heterocycles. The molecule has 1 N–H and O–H groups in total. The molecule has 0 heterocycles. The van der Waals surface area contributed by atoms with Crippen LogP contribution < -0.4 is 5.32 Å². The molecule has 2 aromatic carbocycles. The van der Waals surface area contributed by atoms with Gasteiger partial charge in [0.25, 0.3) is 5.91 Å². The lowest BCUT2D eigenvalue weighted by Gasteiger charge is -2.26. The van der Waals surface area contributed by atoms with Crippen molar-refractivity contribution < 1.29 is 18.7 Å². The molecule has 0 aromatic heterocycles. The van der Waals surface area contributed by atoms with Gasteiger partial charge >= 0.3 is 5.97 Å². The molecule has 6 heteroatoms. The van der Waals surface area contributed by atoms with E-state index in [9.17, 15) is 14.0 Å². The highest BCUT2D eigenvalue weighted by molar-refractivity contribution is 6.32. The van der Waals surface area contributed by atoms with Gasteiger partial charge in [0, 0.05) is 11.6 Å². The zero-order valence-electron chi connectivity index (χ0n) is 14.6. The van der Waals surface area contributed by atoms with Gasteiger partial charge in [0.15, 0.2) is 6.61 Å². The summed E-state index contributed by atoms with van der Waals surface area (Å²) in [7, 11) is 0. The Morgan fingerprint density at radius 2 is 2.04 bits per heavy atom. The van der Waals surface area contributed by atoms with Gasteiger partial charge in [-0.2, -0.15) is 0 Å². The molecule has 0 radical (unpaired) electrons. The van der Waals surface area contributed by atoms with Crippen molar-refractivity contribution >= 4 is 29.6 Å². The van der Waals surface area contributed by atoms with E-state index in [1.165, 1.54) is 29.8 Å². The largest absolute Gasteiger partial charge is 0.452 e. The van der Waals surface area contributed by atoms with Gasteiger partial charge in [-0.3, -0.25) is 4.79 Å². The maximum absolute atomic E-state index is 13.6. The Hall–Kier alpha value is -2.66. The Balaban J connectivity index is 1.52. The monoisotopic (exact) mass is 387 g/mol. The van der Waals surface area contributed by atoms with E-state index in [-0.39, 0.29) is 22.5 Å². The molecule has 0 spiro atoms. The molecule has 2 aromatic rings. The average molecular weight is 388 g/mol. The first-order chi connectivity index (χ1) is 13.0. The van der Waals surface area contributed by atoms with Crippen LogP contribution in [0.3, 0.4) is 0 Å². The Labute approximate surface area is 162 Å². The van der Waals surface area contributed by atoms with E-state index in [0.29, 0.717) is 0 Å². The van der Waals surface area contributed by atoms with Crippen LogP contribution in [0.15, 0.2) is 48.5 Å². The van der Waals surface area contributed by atoms with Crippen LogP contribution in [-0.2, 0) is 20.7 Å². The van der Waals surface area contributed by atoms with Crippen LogP contribution in [0.1, 0.15) is 35.6 Å². The quantitative estimate of drug-likeness (QED) is 0.617. The van der Waals surface area contributed by atoms with Crippen molar-refractivity contribution in [3.8, 4) is 0 Å². The van der Waals surface area contributed by atoms with Gasteiger partial charge in [-0.1, -0.05) is 41.9 Å². The molecule has 1 aliphatic rings. The number of aryl methyl sites for hydroxylation is 1. The van der Waals surface area contributed by atoms with Crippen LogP contribution in [0.5, 0.6) is 0 Å². The number of hydrogen-bond donors (Lipinski definition) is 1. The topological polar surface area (TPSA) is 55.4 Å². The summed E-state index contributed by atoms with van der Waals surface area (Å²) in [6.45, 7) is -0.396. The first kappa shape index (κ1) is 19.1. The molecule has 4 nitrogen and oxygen atoms in total. The second-order valence-corrected chi connectivity index (χ2v) is 6.69. The predicted molar refractivity (Wildman–Crippen MR) is 102 cm³/mol. The zero-order valence-corrected chi connectivity index (χ0v) is 15.3. The summed E-state index contributed by atoms with van der Waals surface area (Å²) in [4.78, 5) is 23.9. The van der Waals surface area contributed by atoms with Crippen LogP contribution >= 0.6 is 11.6 Å². The van der Waals surface area contributed by atoms with Gasteiger partial charge in [0.2, 0.25) is 0 Å². The van der Waals surface area contributed by atoms with E-state index in [2.05, 4.69) is 11.4 Å². The van der Waals surface area contributed by atoms with Gasteiger partial charge < -0.3 is 10.1 Å². The number of benzene rings is 2. The summed E-state index contributed by atoms with van der Waals surface area (Å²) in [5.74, 6) is -1.66. The minimum Gasteiger partial charge on any atom is -0.452 e. The highest BCUT2D eigenvalue weighted by Crippen LogP contribution is 2.29. The number of halogens is 2. The number of nitrogens with one attached hydrogen (secondary N) is 1. The summed E-state index contributed by atoms with van der Waals surface area (Å²) in [6, 6.07) is 12.2. The van der Waals surface area contributed by atoms with Crippen molar-refractivity contribution in [2.45, 2.75) is 25.3 Å². The van der Waals surface area contributed by atoms with Crippen molar-refractivity contribution in [3.63, 3.8) is 0 Å². The minimum atomic E-state index is -0.742. The zero-order chi connectivity index (χ0) is 19.2. The predicted octanol–water partition coefficient (Wildman–Crippen LogP) is 4.23. The number of hydrogen-bond acceptors (Lipinski definition) is 3. The van der Waals surface area contributed by atoms with Crippen LogP contribution in [0, 0.1) is 5.82 Å². The summed E-state index contributed by atoms with van der Waals surface area (Å²) < 4.78 is 18.6. The molecule has 1 aliphatic carbocycles. The number of esters is 1. The maximum atomic E-state index is 13.6. The smallest absolute Gasteiger partial charge is 0.331 e. The molecule has 0 fully saturated rings. The number of ether oxygens (including phenoxy) is 1. The lowest BCUT2D eigenvalue weighted by atomic mass is 9.88. The molecule has 27 heavy (non-hydrogen) atoms. The van der Waals surface area contributed by atoms with E-state index in [1.54, 1.807) is 0 Å².